The molecule has 0 saturated carbocycles. The third-order valence-electron chi connectivity index (χ3n) is 5.89. The molecule has 3 rings (SSSR count). The predicted molar refractivity (Wildman–Crippen MR) is 134 cm³/mol. The van der Waals surface area contributed by atoms with Crippen molar-refractivity contribution >= 4 is 40.0 Å². The van der Waals surface area contributed by atoms with Crippen LogP contribution in [0.5, 0.6) is 11.5 Å². The first-order valence-corrected chi connectivity index (χ1v) is 12.4. The molecule has 8 nitrogen and oxygen atoms in total. The largest absolute Gasteiger partial charge is 0.493 e. The van der Waals surface area contributed by atoms with Gasteiger partial charge in [0, 0.05) is 39.3 Å². The van der Waals surface area contributed by atoms with Crippen molar-refractivity contribution in [3.8, 4) is 11.5 Å². The molecule has 0 unspecified atom stereocenters. The number of methoxy groups -OCH3 is 2. The maximum absolute atomic E-state index is 11.7. The fourth-order valence-electron chi connectivity index (χ4n) is 4.13. The second-order valence-electron chi connectivity index (χ2n) is 7.95. The van der Waals surface area contributed by atoms with E-state index in [4.69, 9.17) is 14.5 Å². The summed E-state index contributed by atoms with van der Waals surface area (Å²) in [7, 11) is 0.233. The molecule has 1 fully saturated rings. The average molecular weight is 567 g/mol. The van der Waals surface area contributed by atoms with Crippen molar-refractivity contribution in [3.05, 3.63) is 23.3 Å². The van der Waals surface area contributed by atoms with Gasteiger partial charge in [-0.3, -0.25) is 4.99 Å². The lowest BCUT2D eigenvalue weighted by Gasteiger charge is -2.33. The second kappa shape index (κ2) is 11.6. The van der Waals surface area contributed by atoms with Crippen molar-refractivity contribution in [2.75, 3.05) is 53.2 Å². The summed E-state index contributed by atoms with van der Waals surface area (Å²) in [5.41, 5.74) is 2.51. The molecule has 0 atom stereocenters. The molecule has 1 N–H and O–H groups in total. The van der Waals surface area contributed by atoms with E-state index < -0.39 is 10.0 Å². The van der Waals surface area contributed by atoms with Crippen LogP contribution in [0, 0.1) is 5.92 Å². The molecule has 0 aromatic heterocycles. The minimum atomic E-state index is -3.09. The first kappa shape index (κ1) is 26.0. The zero-order valence-corrected chi connectivity index (χ0v) is 22.0. The monoisotopic (exact) mass is 566 g/mol. The number of benzene rings is 1. The second-order valence-corrected chi connectivity index (χ2v) is 9.93. The standard InChI is InChI=1S/C21H34N4O4S.HI/c1-5-22-21(23-14-16-6-10-25(11-7-16)30(4,26)27)24-9-8-17-12-19(28-2)20(29-3)13-18(17)15-24;/h12-13,16H,5-11,14-15H2,1-4H3,(H,22,23);1H. The SMILES string of the molecule is CCNC(=NCC1CCN(S(C)(=O)=O)CC1)N1CCc2cc(OC)c(OC)cc2C1.I. The fraction of sp³-hybridized carbons (Fsp3) is 0.667. The minimum Gasteiger partial charge on any atom is -0.493 e. The molecular formula is C21H35IN4O4S. The summed E-state index contributed by atoms with van der Waals surface area (Å²) in [6.07, 6.45) is 3.92. The molecule has 1 aromatic carbocycles. The van der Waals surface area contributed by atoms with Crippen LogP contribution in [0.15, 0.2) is 17.1 Å². The lowest BCUT2D eigenvalue weighted by atomic mass is 9.98. The van der Waals surface area contributed by atoms with Gasteiger partial charge in [0.05, 0.1) is 20.5 Å². The lowest BCUT2D eigenvalue weighted by Crippen LogP contribution is -2.44. The Morgan fingerprint density at radius 2 is 1.74 bits per heavy atom. The summed E-state index contributed by atoms with van der Waals surface area (Å²) in [6.45, 7) is 6.44. The third-order valence-corrected chi connectivity index (χ3v) is 7.20. The Labute approximate surface area is 203 Å². The number of halogens is 1. The van der Waals surface area contributed by atoms with Crippen LogP contribution in [0.2, 0.25) is 0 Å². The summed E-state index contributed by atoms with van der Waals surface area (Å²) in [5, 5.41) is 3.42. The van der Waals surface area contributed by atoms with Crippen molar-refractivity contribution in [3.63, 3.8) is 0 Å². The summed E-state index contributed by atoms with van der Waals surface area (Å²) in [4.78, 5) is 7.19. The number of nitrogens with zero attached hydrogens (tertiary/aromatic N) is 3. The summed E-state index contributed by atoms with van der Waals surface area (Å²) in [5.74, 6) is 2.85. The van der Waals surface area contributed by atoms with Crippen molar-refractivity contribution in [2.24, 2.45) is 10.9 Å². The Bertz CT molecular complexity index is 870. The van der Waals surface area contributed by atoms with Crippen molar-refractivity contribution in [1.82, 2.24) is 14.5 Å². The van der Waals surface area contributed by atoms with E-state index in [9.17, 15) is 8.42 Å². The molecule has 10 heteroatoms. The predicted octanol–water partition coefficient (Wildman–Crippen LogP) is 2.32. The summed E-state index contributed by atoms with van der Waals surface area (Å²) < 4.78 is 35.9. The number of aliphatic imine (C=N–C) groups is 1. The number of fused-ring (bicyclic) bond motifs is 1. The zero-order chi connectivity index (χ0) is 21.7. The van der Waals surface area contributed by atoms with E-state index >= 15 is 0 Å². The molecule has 0 bridgehead atoms. The van der Waals surface area contributed by atoms with Crippen molar-refractivity contribution < 1.29 is 17.9 Å². The Morgan fingerprint density at radius 1 is 1.13 bits per heavy atom. The van der Waals surface area contributed by atoms with Gasteiger partial charge >= 0.3 is 0 Å². The number of guanidine groups is 1. The minimum absolute atomic E-state index is 0. The first-order valence-electron chi connectivity index (χ1n) is 10.6. The first-order chi connectivity index (χ1) is 14.4. The van der Waals surface area contributed by atoms with Crippen molar-refractivity contribution in [1.29, 1.82) is 0 Å². The topological polar surface area (TPSA) is 83.5 Å². The molecular weight excluding hydrogens is 531 g/mol. The van der Waals surface area contributed by atoms with Gasteiger partial charge in [-0.15, -0.1) is 24.0 Å². The van der Waals surface area contributed by atoms with Gasteiger partial charge in [-0.1, -0.05) is 0 Å². The Kier molecular flexibility index (Phi) is 9.68. The third kappa shape index (κ3) is 6.61. The maximum Gasteiger partial charge on any atom is 0.211 e. The van der Waals surface area contributed by atoms with Crippen LogP contribution >= 0.6 is 24.0 Å². The van der Waals surface area contributed by atoms with Gasteiger partial charge in [-0.25, -0.2) is 12.7 Å². The van der Waals surface area contributed by atoms with E-state index in [1.165, 1.54) is 17.4 Å². The van der Waals surface area contributed by atoms with Gasteiger partial charge in [0.1, 0.15) is 0 Å². The Morgan fingerprint density at radius 3 is 2.29 bits per heavy atom. The maximum atomic E-state index is 11.7. The zero-order valence-electron chi connectivity index (χ0n) is 18.9. The molecule has 31 heavy (non-hydrogen) atoms. The van der Waals surface area contributed by atoms with E-state index in [2.05, 4.69) is 29.3 Å². The molecule has 1 saturated heterocycles. The van der Waals surface area contributed by atoms with E-state index in [1.54, 1.807) is 18.5 Å². The van der Waals surface area contributed by atoms with Crippen LogP contribution in [0.25, 0.3) is 0 Å². The van der Waals surface area contributed by atoms with E-state index in [1.807, 2.05) is 0 Å². The average Bonchev–Trinajstić information content (AvgIpc) is 2.74. The van der Waals surface area contributed by atoms with Crippen LogP contribution in [-0.4, -0.2) is 76.8 Å². The van der Waals surface area contributed by atoms with Gasteiger partial charge in [0.2, 0.25) is 10.0 Å². The Balaban J connectivity index is 0.00000341. The van der Waals surface area contributed by atoms with Gasteiger partial charge in [-0.2, -0.15) is 0 Å². The lowest BCUT2D eigenvalue weighted by molar-refractivity contribution is 0.278. The van der Waals surface area contributed by atoms with Crippen LogP contribution in [0.1, 0.15) is 30.9 Å². The number of sulfonamides is 1. The highest BCUT2D eigenvalue weighted by Crippen LogP contribution is 2.33. The number of hydrogen-bond acceptors (Lipinski definition) is 5. The molecule has 1 aromatic rings. The van der Waals surface area contributed by atoms with Gasteiger partial charge in [0.25, 0.3) is 0 Å². The number of hydrogen-bond donors (Lipinski definition) is 1. The van der Waals surface area contributed by atoms with E-state index in [0.29, 0.717) is 19.0 Å². The van der Waals surface area contributed by atoms with Gasteiger partial charge in [0.15, 0.2) is 17.5 Å². The molecule has 0 radical (unpaired) electrons. The summed E-state index contributed by atoms with van der Waals surface area (Å²) in [6, 6.07) is 4.13. The van der Waals surface area contributed by atoms with E-state index in [-0.39, 0.29) is 24.0 Å². The molecule has 2 heterocycles. The summed E-state index contributed by atoms with van der Waals surface area (Å²) >= 11 is 0. The highest BCUT2D eigenvalue weighted by atomic mass is 127. The molecule has 2 aliphatic heterocycles. The van der Waals surface area contributed by atoms with Crippen LogP contribution in [0.3, 0.4) is 0 Å². The number of nitrogens with one attached hydrogen (secondary N) is 1. The Hall–Kier alpha value is -1.27. The van der Waals surface area contributed by atoms with E-state index in [0.717, 1.165) is 62.9 Å². The molecule has 0 aliphatic carbocycles. The molecule has 2 aliphatic rings. The van der Waals surface area contributed by atoms with Gasteiger partial charge in [-0.05, 0) is 55.4 Å². The number of ether oxygens (including phenoxy) is 2. The number of piperidine rings is 1. The smallest absolute Gasteiger partial charge is 0.211 e. The highest BCUT2D eigenvalue weighted by Gasteiger charge is 2.26. The van der Waals surface area contributed by atoms with Gasteiger partial charge < -0.3 is 19.7 Å². The van der Waals surface area contributed by atoms with Crippen LogP contribution in [-0.2, 0) is 23.0 Å². The highest BCUT2D eigenvalue weighted by molar-refractivity contribution is 14.0. The quantitative estimate of drug-likeness (QED) is 0.324. The van der Waals surface area contributed by atoms with Crippen molar-refractivity contribution in [2.45, 2.75) is 32.7 Å². The molecule has 0 spiro atoms. The number of rotatable bonds is 6. The van der Waals surface area contributed by atoms with Crippen LogP contribution < -0.4 is 14.8 Å². The molecule has 176 valence electrons. The fourth-order valence-corrected chi connectivity index (χ4v) is 5.00. The normalized spacial score (nSPS) is 18.2. The molecule has 0 amide bonds. The van der Waals surface area contributed by atoms with Crippen LogP contribution in [0.4, 0.5) is 0 Å².